The third kappa shape index (κ3) is 4.81. The van der Waals surface area contributed by atoms with Crippen molar-refractivity contribution in [1.82, 2.24) is 20.2 Å². The van der Waals surface area contributed by atoms with Crippen molar-refractivity contribution in [2.24, 2.45) is 0 Å². The molecule has 224 valence electrons. The Balaban J connectivity index is 1.11. The molecule has 45 heavy (non-hydrogen) atoms. The molecule has 2 aliphatic heterocycles. The molecule has 0 spiro atoms. The van der Waals surface area contributed by atoms with Gasteiger partial charge in [-0.15, -0.1) is 0 Å². The fourth-order valence-corrected chi connectivity index (χ4v) is 6.18. The van der Waals surface area contributed by atoms with Gasteiger partial charge in [-0.2, -0.15) is 0 Å². The zero-order chi connectivity index (χ0) is 31.3. The molecule has 0 radical (unpaired) electrons. The number of para-hydroxylation sites is 1. The number of fused-ring (bicyclic) bond motifs is 6. The summed E-state index contributed by atoms with van der Waals surface area (Å²) in [5.74, 6) is -2.04. The van der Waals surface area contributed by atoms with Crippen molar-refractivity contribution in [3.05, 3.63) is 111 Å². The quantitative estimate of drug-likeness (QED) is 0.217. The normalized spacial score (nSPS) is 16.3. The molecule has 11 heteroatoms. The summed E-state index contributed by atoms with van der Waals surface area (Å²) in [7, 11) is 0. The van der Waals surface area contributed by atoms with E-state index in [9.17, 15) is 19.2 Å². The van der Waals surface area contributed by atoms with Crippen LogP contribution in [0.2, 0.25) is 0 Å². The average Bonchev–Trinajstić information content (AvgIpc) is 3.41. The Kier molecular flexibility index (Phi) is 6.89. The van der Waals surface area contributed by atoms with E-state index in [0.29, 0.717) is 23.5 Å². The van der Waals surface area contributed by atoms with Gasteiger partial charge < -0.3 is 19.4 Å². The number of hydrogen-bond donors (Lipinski definition) is 2. The van der Waals surface area contributed by atoms with Gasteiger partial charge in [0, 0.05) is 22.1 Å². The fourth-order valence-electron chi connectivity index (χ4n) is 6.02. The number of nitrogens with zero attached hydrogens (tertiary/aromatic N) is 2. The van der Waals surface area contributed by atoms with Gasteiger partial charge in [0.25, 0.3) is 11.5 Å². The molecule has 4 heterocycles. The highest BCUT2D eigenvalue weighted by Gasteiger charge is 2.50. The summed E-state index contributed by atoms with van der Waals surface area (Å²) in [4.78, 5) is 57.7. The number of benzene rings is 3. The molecular formula is C34H26N4O6S. The van der Waals surface area contributed by atoms with E-state index in [2.05, 4.69) is 10.6 Å². The number of thiocarbonyl (C=S) groups is 1. The largest absolute Gasteiger partial charge is 0.457 e. The number of rotatable bonds is 5. The first-order chi connectivity index (χ1) is 21.8. The first kappa shape index (κ1) is 28.4. The van der Waals surface area contributed by atoms with Crippen LogP contribution in [-0.4, -0.2) is 39.1 Å². The molecule has 5 aromatic rings. The summed E-state index contributed by atoms with van der Waals surface area (Å²) in [5.41, 5.74) is 1.57. The lowest BCUT2D eigenvalue weighted by Gasteiger charge is -2.35. The van der Waals surface area contributed by atoms with Crippen molar-refractivity contribution in [2.75, 3.05) is 6.54 Å². The molecule has 0 unspecified atom stereocenters. The molecule has 0 saturated carbocycles. The fraction of sp³-hybridized carbons (Fsp3) is 0.176. The minimum absolute atomic E-state index is 0.0224. The Morgan fingerprint density at radius 1 is 1.00 bits per heavy atom. The number of carbonyl (C=O) groups is 3. The van der Waals surface area contributed by atoms with Crippen LogP contribution in [-0.2, 0) is 37.8 Å². The van der Waals surface area contributed by atoms with Crippen LogP contribution in [0.3, 0.4) is 0 Å². The molecule has 2 N–H and O–H groups in total. The van der Waals surface area contributed by atoms with Gasteiger partial charge in [0.05, 0.1) is 29.0 Å². The van der Waals surface area contributed by atoms with Crippen molar-refractivity contribution in [2.45, 2.75) is 32.1 Å². The van der Waals surface area contributed by atoms with Gasteiger partial charge in [0.15, 0.2) is 5.11 Å². The molecule has 0 saturated heterocycles. The van der Waals surface area contributed by atoms with Crippen LogP contribution in [0.5, 0.6) is 0 Å². The Hall–Kier alpha value is -5.42. The highest BCUT2D eigenvalue weighted by atomic mass is 32.1. The van der Waals surface area contributed by atoms with E-state index in [1.165, 1.54) is 0 Å². The first-order valence-corrected chi connectivity index (χ1v) is 14.8. The highest BCUT2D eigenvalue weighted by Crippen LogP contribution is 2.40. The predicted octanol–water partition coefficient (Wildman–Crippen LogP) is 4.09. The molecule has 2 aromatic heterocycles. The standard InChI is InChI=1S/C34H26N4O6S/c1-2-34(44-28(39)16-35-33(45)37-30(40)22-12-11-19-7-3-4-8-20(19)13-22)25-15-27-29-23(14-21-9-5-6-10-26(21)36-29)17-38(27)31(41)24(25)18-43-32(34)42/h3-15H,2,16-18H2,1H3,(H2,35,37,40,45)/t34-/m0/s1. The van der Waals surface area contributed by atoms with Crippen LogP contribution in [0.25, 0.3) is 33.1 Å². The van der Waals surface area contributed by atoms with E-state index in [4.69, 9.17) is 26.7 Å². The minimum atomic E-state index is -1.85. The number of aromatic nitrogens is 2. The van der Waals surface area contributed by atoms with Crippen molar-refractivity contribution in [3.63, 3.8) is 0 Å². The van der Waals surface area contributed by atoms with E-state index in [-0.39, 0.29) is 34.8 Å². The summed E-state index contributed by atoms with van der Waals surface area (Å²) in [6.07, 6.45) is 0.0224. The number of nitrogens with one attached hydrogen (secondary N) is 2. The van der Waals surface area contributed by atoms with Crippen LogP contribution in [0.4, 0.5) is 0 Å². The third-order valence-electron chi connectivity index (χ3n) is 8.30. The molecule has 0 aliphatic carbocycles. The Morgan fingerprint density at radius 2 is 1.76 bits per heavy atom. The van der Waals surface area contributed by atoms with Gasteiger partial charge in [-0.3, -0.25) is 19.7 Å². The summed E-state index contributed by atoms with van der Waals surface area (Å²) >= 11 is 5.24. The molecular weight excluding hydrogens is 592 g/mol. The summed E-state index contributed by atoms with van der Waals surface area (Å²) in [6, 6.07) is 24.3. The maximum atomic E-state index is 13.7. The zero-order valence-corrected chi connectivity index (χ0v) is 24.9. The topological polar surface area (TPSA) is 129 Å². The molecule has 0 bridgehead atoms. The Labute approximate surface area is 262 Å². The lowest BCUT2D eigenvalue weighted by atomic mass is 9.85. The van der Waals surface area contributed by atoms with E-state index in [1.54, 1.807) is 29.7 Å². The van der Waals surface area contributed by atoms with Gasteiger partial charge in [-0.05, 0) is 59.7 Å². The molecule has 7 rings (SSSR count). The maximum Gasteiger partial charge on any atom is 0.355 e. The van der Waals surface area contributed by atoms with Crippen molar-refractivity contribution in [3.8, 4) is 11.4 Å². The van der Waals surface area contributed by atoms with Gasteiger partial charge in [0.1, 0.15) is 13.2 Å². The minimum Gasteiger partial charge on any atom is -0.457 e. The first-order valence-electron chi connectivity index (χ1n) is 14.4. The van der Waals surface area contributed by atoms with Crippen molar-refractivity contribution < 1.29 is 23.9 Å². The Bertz CT molecular complexity index is 2160. The highest BCUT2D eigenvalue weighted by molar-refractivity contribution is 7.80. The second-order valence-corrected chi connectivity index (χ2v) is 11.3. The number of amides is 1. The number of hydrogen-bond acceptors (Lipinski definition) is 8. The lowest BCUT2D eigenvalue weighted by molar-refractivity contribution is -0.188. The summed E-state index contributed by atoms with van der Waals surface area (Å²) < 4.78 is 12.8. The predicted molar refractivity (Wildman–Crippen MR) is 170 cm³/mol. The molecule has 10 nitrogen and oxygen atoms in total. The average molecular weight is 619 g/mol. The van der Waals surface area contributed by atoms with E-state index >= 15 is 0 Å². The summed E-state index contributed by atoms with van der Waals surface area (Å²) in [5, 5.41) is 7.98. The van der Waals surface area contributed by atoms with E-state index in [0.717, 1.165) is 27.2 Å². The number of esters is 2. The second-order valence-electron chi connectivity index (χ2n) is 10.9. The van der Waals surface area contributed by atoms with Crippen LogP contribution in [0, 0.1) is 0 Å². The number of carbonyl (C=O) groups excluding carboxylic acids is 3. The third-order valence-corrected chi connectivity index (χ3v) is 8.55. The number of pyridine rings is 2. The van der Waals surface area contributed by atoms with Gasteiger partial charge in [-0.25, -0.2) is 9.78 Å². The number of cyclic esters (lactones) is 1. The van der Waals surface area contributed by atoms with Crippen LogP contribution < -0.4 is 16.2 Å². The zero-order valence-electron chi connectivity index (χ0n) is 24.1. The molecule has 3 aromatic carbocycles. The van der Waals surface area contributed by atoms with Crippen molar-refractivity contribution >= 4 is 56.9 Å². The van der Waals surface area contributed by atoms with Gasteiger partial charge in [0.2, 0.25) is 5.60 Å². The van der Waals surface area contributed by atoms with Gasteiger partial charge >= 0.3 is 11.9 Å². The monoisotopic (exact) mass is 618 g/mol. The smallest absolute Gasteiger partial charge is 0.355 e. The molecule has 0 fully saturated rings. The van der Waals surface area contributed by atoms with Crippen molar-refractivity contribution in [1.29, 1.82) is 0 Å². The van der Waals surface area contributed by atoms with Crippen LogP contribution in [0.1, 0.15) is 40.4 Å². The van der Waals surface area contributed by atoms with Crippen LogP contribution >= 0.6 is 12.2 Å². The molecule has 2 aliphatic rings. The number of ether oxygens (including phenoxy) is 2. The van der Waals surface area contributed by atoms with E-state index < -0.39 is 30.0 Å². The SMILES string of the molecule is CC[C@@]1(OC(=O)CNC(=S)NC(=O)c2ccc3ccccc3c2)C(=O)OCc2c1cc1n(c2=O)Cc2cc3ccccc3nc2-1. The Morgan fingerprint density at radius 3 is 2.56 bits per heavy atom. The van der Waals surface area contributed by atoms with Gasteiger partial charge in [-0.1, -0.05) is 55.5 Å². The van der Waals surface area contributed by atoms with E-state index in [1.807, 2.05) is 60.7 Å². The maximum absolute atomic E-state index is 13.7. The molecule has 1 atom stereocenters. The second kappa shape index (κ2) is 10.9. The van der Waals surface area contributed by atoms with Crippen LogP contribution in [0.15, 0.2) is 83.7 Å². The lowest BCUT2D eigenvalue weighted by Crippen LogP contribution is -2.49. The summed E-state index contributed by atoms with van der Waals surface area (Å²) in [6.45, 7) is 1.33. The molecule has 1 amide bonds.